The number of rotatable bonds is 8. The molecule has 2 aromatic heterocycles. The summed E-state index contributed by atoms with van der Waals surface area (Å²) in [6.45, 7) is 0.0174. The summed E-state index contributed by atoms with van der Waals surface area (Å²) in [5.41, 5.74) is 8.51. The van der Waals surface area contributed by atoms with Gasteiger partial charge >= 0.3 is 0 Å². The largest absolute Gasteiger partial charge is 0.471 e. The van der Waals surface area contributed by atoms with Crippen LogP contribution in [-0.2, 0) is 0 Å². The van der Waals surface area contributed by atoms with E-state index in [1.54, 1.807) is 42.6 Å². The van der Waals surface area contributed by atoms with Gasteiger partial charge in [-0.3, -0.25) is 20.3 Å². The molecule has 0 bridgehead atoms. The van der Waals surface area contributed by atoms with Gasteiger partial charge in [0, 0.05) is 46.4 Å². The van der Waals surface area contributed by atoms with Crippen molar-refractivity contribution in [1.29, 1.82) is 0 Å². The lowest BCUT2D eigenvalue weighted by atomic mass is 10.0. The Bertz CT molecular complexity index is 1260. The van der Waals surface area contributed by atoms with E-state index in [0.717, 1.165) is 10.1 Å². The number of hydrogen-bond donors (Lipinski definition) is 3. The quantitative estimate of drug-likeness (QED) is 0.282. The van der Waals surface area contributed by atoms with Crippen LogP contribution in [0.3, 0.4) is 0 Å². The molecule has 4 rings (SSSR count). The first-order chi connectivity index (χ1) is 15.6. The highest BCUT2D eigenvalue weighted by atomic mass is 32.1. The van der Waals surface area contributed by atoms with Crippen molar-refractivity contribution >= 4 is 33.1 Å². The van der Waals surface area contributed by atoms with Crippen LogP contribution in [0.15, 0.2) is 72.4 Å². The number of fused-ring (bicyclic) bond motifs is 1. The normalized spacial score (nSPS) is 11.8. The van der Waals surface area contributed by atoms with E-state index in [-0.39, 0.29) is 24.8 Å². The van der Waals surface area contributed by atoms with Crippen molar-refractivity contribution in [3.8, 4) is 5.75 Å². The first kappa shape index (κ1) is 21.6. The predicted octanol–water partition coefficient (Wildman–Crippen LogP) is 3.29. The zero-order valence-electron chi connectivity index (χ0n) is 17.0. The van der Waals surface area contributed by atoms with Gasteiger partial charge in [-0.2, -0.15) is 0 Å². The highest BCUT2D eigenvalue weighted by molar-refractivity contribution is 7.17. The third-order valence-electron chi connectivity index (χ3n) is 4.86. The number of ether oxygens (including phenoxy) is 1. The Morgan fingerprint density at radius 3 is 2.66 bits per heavy atom. The van der Waals surface area contributed by atoms with Gasteiger partial charge in [-0.1, -0.05) is 42.5 Å². The van der Waals surface area contributed by atoms with E-state index in [2.05, 4.69) is 10.3 Å². The zero-order chi connectivity index (χ0) is 22.5. The average molecular weight is 448 g/mol. The number of carbonyl (C=O) groups excluding carboxylic acids is 2. The number of pyridine rings is 1. The minimum Gasteiger partial charge on any atom is -0.471 e. The number of aliphatic hydroxyl groups is 1. The second-order valence-corrected chi connectivity index (χ2v) is 7.88. The number of carbonyl (C=O) groups is 2. The molecular weight excluding hydrogens is 426 g/mol. The molecule has 4 N–H and O–H groups in total. The van der Waals surface area contributed by atoms with E-state index in [1.807, 2.05) is 23.6 Å². The van der Waals surface area contributed by atoms with Crippen LogP contribution in [0, 0.1) is 0 Å². The maximum Gasteiger partial charge on any atom is 0.254 e. The summed E-state index contributed by atoms with van der Waals surface area (Å²) in [6.07, 6.45) is 2.31. The molecule has 0 radical (unpaired) electrons. The Kier molecular flexibility index (Phi) is 6.55. The summed E-state index contributed by atoms with van der Waals surface area (Å²) in [5, 5.41) is 14.1. The van der Waals surface area contributed by atoms with Crippen LogP contribution in [0.2, 0.25) is 0 Å². The predicted molar refractivity (Wildman–Crippen MR) is 123 cm³/mol. The van der Waals surface area contributed by atoms with Gasteiger partial charge < -0.3 is 15.2 Å². The summed E-state index contributed by atoms with van der Waals surface area (Å²) in [5.74, 6) is 0.0453. The Morgan fingerprint density at radius 1 is 1.09 bits per heavy atom. The summed E-state index contributed by atoms with van der Waals surface area (Å²) in [4.78, 5) is 29.2. The molecule has 0 aliphatic rings. The Balaban J connectivity index is 1.56. The maximum absolute atomic E-state index is 12.7. The van der Waals surface area contributed by atoms with Crippen LogP contribution in [0.4, 0.5) is 0 Å². The fourth-order valence-electron chi connectivity index (χ4n) is 3.29. The number of nitrogens with zero attached hydrogens (tertiary/aromatic N) is 1. The van der Waals surface area contributed by atoms with Gasteiger partial charge in [0.05, 0.1) is 16.9 Å². The summed E-state index contributed by atoms with van der Waals surface area (Å²) < 4.78 is 6.66. The minimum absolute atomic E-state index is 0.103. The number of nitrogens with two attached hydrogens (primary N) is 1. The lowest BCUT2D eigenvalue weighted by Crippen LogP contribution is -2.26. The lowest BCUT2D eigenvalue weighted by Gasteiger charge is -2.15. The van der Waals surface area contributed by atoms with E-state index in [1.165, 1.54) is 17.5 Å². The van der Waals surface area contributed by atoms with E-state index in [0.29, 0.717) is 28.0 Å². The van der Waals surface area contributed by atoms with Crippen molar-refractivity contribution in [3.05, 3.63) is 94.6 Å². The molecule has 1 unspecified atom stereocenters. The Labute approximate surface area is 188 Å². The number of nitrogens with one attached hydrogen (secondary N) is 1. The third-order valence-corrected chi connectivity index (χ3v) is 5.90. The minimum atomic E-state index is -0.816. The van der Waals surface area contributed by atoms with Crippen LogP contribution in [-0.4, -0.2) is 34.9 Å². The molecule has 0 saturated heterocycles. The fraction of sp³-hybridized carbons (Fsp3) is 0.125. The molecule has 8 heteroatoms. The number of thiophene rings is 1. The molecule has 0 aliphatic heterocycles. The van der Waals surface area contributed by atoms with Crippen LogP contribution in [0.5, 0.6) is 5.75 Å². The van der Waals surface area contributed by atoms with E-state index in [4.69, 9.17) is 15.6 Å². The monoisotopic (exact) mass is 447 g/mol. The summed E-state index contributed by atoms with van der Waals surface area (Å²) in [6, 6.07) is 15.9. The van der Waals surface area contributed by atoms with Crippen LogP contribution < -0.4 is 15.8 Å². The first-order valence-electron chi connectivity index (χ1n) is 9.94. The fourth-order valence-corrected chi connectivity index (χ4v) is 4.37. The maximum atomic E-state index is 12.7. The standard InChI is InChI=1S/C24H21N3O4S/c25-23(20-14-32-22-18(20)12-26-13-19(22)24(30)27-9-10-28)31-17-8-4-7-16(11-17)21(29)15-5-2-1-3-6-15/h1-8,11-14,23,28H,9-10,25H2,(H,27,30). The Morgan fingerprint density at radius 2 is 1.88 bits per heavy atom. The van der Waals surface area contributed by atoms with Crippen LogP contribution in [0.25, 0.3) is 10.1 Å². The first-order valence-corrected chi connectivity index (χ1v) is 10.8. The van der Waals surface area contributed by atoms with Gasteiger partial charge in [0.25, 0.3) is 5.91 Å². The molecule has 0 saturated carbocycles. The SMILES string of the molecule is NC(Oc1cccc(C(=O)c2ccccc2)c1)c1csc2c(C(=O)NCCO)cncc12. The van der Waals surface area contributed by atoms with Crippen molar-refractivity contribution in [2.75, 3.05) is 13.2 Å². The molecule has 1 amide bonds. The smallest absolute Gasteiger partial charge is 0.254 e. The van der Waals surface area contributed by atoms with Crippen molar-refractivity contribution in [1.82, 2.24) is 10.3 Å². The van der Waals surface area contributed by atoms with Gasteiger partial charge in [0.15, 0.2) is 12.0 Å². The highest BCUT2D eigenvalue weighted by Crippen LogP contribution is 2.32. The molecule has 162 valence electrons. The number of aliphatic hydroxyl groups excluding tert-OH is 1. The molecule has 0 aliphatic carbocycles. The van der Waals surface area contributed by atoms with Gasteiger partial charge in [-0.25, -0.2) is 0 Å². The number of hydrogen-bond acceptors (Lipinski definition) is 7. The number of ketones is 1. The third kappa shape index (κ3) is 4.52. The molecule has 0 fully saturated rings. The van der Waals surface area contributed by atoms with Crippen molar-refractivity contribution in [2.24, 2.45) is 5.73 Å². The summed E-state index contributed by atoms with van der Waals surface area (Å²) >= 11 is 1.37. The highest BCUT2D eigenvalue weighted by Gasteiger charge is 2.19. The van der Waals surface area contributed by atoms with E-state index < -0.39 is 6.23 Å². The topological polar surface area (TPSA) is 115 Å². The van der Waals surface area contributed by atoms with Gasteiger partial charge in [0.1, 0.15) is 5.75 Å². The molecule has 7 nitrogen and oxygen atoms in total. The molecule has 4 aromatic rings. The second kappa shape index (κ2) is 9.69. The zero-order valence-corrected chi connectivity index (χ0v) is 17.8. The second-order valence-electron chi connectivity index (χ2n) is 7.00. The molecule has 1 atom stereocenters. The van der Waals surface area contributed by atoms with Gasteiger partial charge in [-0.15, -0.1) is 11.3 Å². The van der Waals surface area contributed by atoms with Crippen LogP contribution >= 0.6 is 11.3 Å². The van der Waals surface area contributed by atoms with Crippen molar-refractivity contribution in [2.45, 2.75) is 6.23 Å². The lowest BCUT2D eigenvalue weighted by molar-refractivity contribution is 0.0945. The molecule has 0 spiro atoms. The van der Waals surface area contributed by atoms with Crippen molar-refractivity contribution in [3.63, 3.8) is 0 Å². The summed E-state index contributed by atoms with van der Waals surface area (Å²) in [7, 11) is 0. The molecule has 32 heavy (non-hydrogen) atoms. The Hall–Kier alpha value is -3.59. The van der Waals surface area contributed by atoms with E-state index >= 15 is 0 Å². The number of amides is 1. The van der Waals surface area contributed by atoms with Gasteiger partial charge in [-0.05, 0) is 12.1 Å². The van der Waals surface area contributed by atoms with Gasteiger partial charge in [0.2, 0.25) is 0 Å². The van der Waals surface area contributed by atoms with Crippen molar-refractivity contribution < 1.29 is 19.4 Å². The average Bonchev–Trinajstić information content (AvgIpc) is 3.27. The van der Waals surface area contributed by atoms with Crippen LogP contribution in [0.1, 0.15) is 38.1 Å². The number of aromatic nitrogens is 1. The molecule has 2 aromatic carbocycles. The molecular formula is C24H21N3O4S. The van der Waals surface area contributed by atoms with E-state index in [9.17, 15) is 9.59 Å². The molecule has 2 heterocycles. The number of benzene rings is 2.